The van der Waals surface area contributed by atoms with Gasteiger partial charge in [-0.25, -0.2) is 0 Å². The van der Waals surface area contributed by atoms with Crippen molar-refractivity contribution in [1.29, 1.82) is 0 Å². The van der Waals surface area contributed by atoms with Crippen molar-refractivity contribution < 1.29 is 20.1 Å². The molecule has 0 bridgehead atoms. The van der Waals surface area contributed by atoms with Crippen LogP contribution < -0.4 is 9.64 Å². The van der Waals surface area contributed by atoms with Gasteiger partial charge in [-0.3, -0.25) is 4.90 Å². The fraction of sp³-hybridized carbons (Fsp3) is 0.520. The van der Waals surface area contributed by atoms with Gasteiger partial charge in [0.05, 0.1) is 11.7 Å². The Hall–Kier alpha value is -1.83. The highest BCUT2D eigenvalue weighted by Crippen LogP contribution is 2.31. The second kappa shape index (κ2) is 9.57. The van der Waals surface area contributed by atoms with E-state index in [2.05, 4.69) is 34.9 Å². The zero-order valence-electron chi connectivity index (χ0n) is 18.6. The van der Waals surface area contributed by atoms with E-state index in [0.29, 0.717) is 43.1 Å². The molecule has 0 aromatic heterocycles. The first-order valence-electron chi connectivity index (χ1n) is 11.3. The van der Waals surface area contributed by atoms with Gasteiger partial charge in [0.2, 0.25) is 0 Å². The van der Waals surface area contributed by atoms with E-state index in [4.69, 9.17) is 16.3 Å². The van der Waals surface area contributed by atoms with Gasteiger partial charge in [0, 0.05) is 43.4 Å². The van der Waals surface area contributed by atoms with Crippen molar-refractivity contribution in [2.24, 2.45) is 0 Å². The van der Waals surface area contributed by atoms with Crippen LogP contribution in [0.3, 0.4) is 0 Å². The lowest BCUT2D eigenvalue weighted by molar-refractivity contribution is -0.149. The number of piperidine rings is 2. The van der Waals surface area contributed by atoms with Gasteiger partial charge in [-0.05, 0) is 56.0 Å². The summed E-state index contributed by atoms with van der Waals surface area (Å²) in [4.78, 5) is 4.39. The van der Waals surface area contributed by atoms with Crippen LogP contribution in [0.15, 0.2) is 48.5 Å². The number of halogens is 1. The van der Waals surface area contributed by atoms with Crippen LogP contribution in [0.4, 0.5) is 5.69 Å². The van der Waals surface area contributed by atoms with Crippen LogP contribution in [-0.4, -0.2) is 76.9 Å². The number of hydrogen-bond donors (Lipinski definition) is 3. The van der Waals surface area contributed by atoms with Crippen molar-refractivity contribution in [3.05, 3.63) is 59.1 Å². The molecule has 2 aromatic rings. The third kappa shape index (κ3) is 5.38. The summed E-state index contributed by atoms with van der Waals surface area (Å²) in [6.07, 6.45) is 0.881. The second-order valence-corrected chi connectivity index (χ2v) is 9.80. The van der Waals surface area contributed by atoms with Gasteiger partial charge in [0.15, 0.2) is 0 Å². The number of benzene rings is 2. The highest BCUT2D eigenvalue weighted by Gasteiger charge is 2.44. The lowest BCUT2D eigenvalue weighted by atomic mass is 9.86. The maximum atomic E-state index is 11.3. The molecule has 2 aromatic carbocycles. The first-order valence-corrected chi connectivity index (χ1v) is 11.7. The highest BCUT2D eigenvalue weighted by molar-refractivity contribution is 6.30. The van der Waals surface area contributed by atoms with Gasteiger partial charge in [0.25, 0.3) is 0 Å². The smallest absolute Gasteiger partial charge is 0.137 e. The van der Waals surface area contributed by atoms with Crippen LogP contribution in [0.2, 0.25) is 5.02 Å². The van der Waals surface area contributed by atoms with Gasteiger partial charge < -0.3 is 25.0 Å². The molecule has 0 radical (unpaired) electrons. The quantitative estimate of drug-likeness (QED) is 0.615. The zero-order valence-corrected chi connectivity index (χ0v) is 19.3. The van der Waals surface area contributed by atoms with E-state index in [1.54, 1.807) is 24.3 Å². The van der Waals surface area contributed by atoms with E-state index in [1.807, 2.05) is 6.07 Å². The van der Waals surface area contributed by atoms with Gasteiger partial charge in [-0.15, -0.1) is 0 Å². The minimum absolute atomic E-state index is 0.0372. The SMILES string of the molecule is Cc1ccccc1N1CCC(O)(CN2CC[C@H](O)[C@@](O)(COc3cccc(Cl)c3)C2)CC1. The number of nitrogens with zero attached hydrogens (tertiary/aromatic N) is 2. The molecule has 0 saturated carbocycles. The molecule has 7 heteroatoms. The van der Waals surface area contributed by atoms with Gasteiger partial charge in [-0.1, -0.05) is 35.9 Å². The predicted molar refractivity (Wildman–Crippen MR) is 127 cm³/mol. The first-order chi connectivity index (χ1) is 15.3. The summed E-state index contributed by atoms with van der Waals surface area (Å²) < 4.78 is 5.75. The molecule has 4 rings (SSSR count). The molecule has 2 heterocycles. The average Bonchev–Trinajstić information content (AvgIpc) is 2.76. The second-order valence-electron chi connectivity index (χ2n) is 9.36. The van der Waals surface area contributed by atoms with Crippen molar-refractivity contribution in [2.75, 3.05) is 44.2 Å². The molecule has 2 atom stereocenters. The van der Waals surface area contributed by atoms with Crippen molar-refractivity contribution in [2.45, 2.75) is 43.5 Å². The number of ether oxygens (including phenoxy) is 1. The molecule has 2 saturated heterocycles. The normalized spacial score (nSPS) is 26.2. The Morgan fingerprint density at radius 3 is 2.53 bits per heavy atom. The maximum absolute atomic E-state index is 11.3. The van der Waals surface area contributed by atoms with E-state index < -0.39 is 17.3 Å². The lowest BCUT2D eigenvalue weighted by Crippen LogP contribution is -2.62. The first kappa shape index (κ1) is 23.3. The van der Waals surface area contributed by atoms with Crippen molar-refractivity contribution in [1.82, 2.24) is 4.90 Å². The molecule has 2 fully saturated rings. The number of anilines is 1. The molecule has 3 N–H and O–H groups in total. The minimum atomic E-state index is -1.40. The number of hydrogen-bond acceptors (Lipinski definition) is 6. The van der Waals surface area contributed by atoms with Crippen molar-refractivity contribution >= 4 is 17.3 Å². The summed E-state index contributed by atoms with van der Waals surface area (Å²) in [5.41, 5.74) is 0.255. The Bertz CT molecular complexity index is 918. The minimum Gasteiger partial charge on any atom is -0.490 e. The number of para-hydroxylation sites is 1. The summed E-state index contributed by atoms with van der Waals surface area (Å²) in [6, 6.07) is 15.3. The van der Waals surface area contributed by atoms with Crippen molar-refractivity contribution in [3.8, 4) is 5.75 Å². The van der Waals surface area contributed by atoms with E-state index in [1.165, 1.54) is 11.3 Å². The maximum Gasteiger partial charge on any atom is 0.137 e. The Morgan fingerprint density at radius 1 is 1.06 bits per heavy atom. The molecule has 32 heavy (non-hydrogen) atoms. The standard InChI is InChI=1S/C25H33ClN2O4/c1-19-5-2-3-8-22(19)28-13-10-24(30,11-14-28)16-27-12-9-23(29)25(31,17-27)18-32-21-7-4-6-20(26)15-21/h2-8,15,23,29-31H,9-14,16-18H2,1H3/t23-,25-/m0/s1. The molecule has 0 amide bonds. The largest absolute Gasteiger partial charge is 0.490 e. The molecule has 0 aliphatic carbocycles. The monoisotopic (exact) mass is 460 g/mol. The van der Waals surface area contributed by atoms with Gasteiger partial charge >= 0.3 is 0 Å². The summed E-state index contributed by atoms with van der Waals surface area (Å²) in [6.45, 7) is 5.01. The molecule has 0 unspecified atom stereocenters. The number of β-amino-alcohol motifs (C(OH)–C–C–N with tert-alkyl or cyclic N) is 2. The molecule has 2 aliphatic rings. The Balaban J connectivity index is 1.34. The molecular formula is C25H33ClN2O4. The topological polar surface area (TPSA) is 76.4 Å². The van der Waals surface area contributed by atoms with Crippen LogP contribution in [0.5, 0.6) is 5.75 Å². The van der Waals surface area contributed by atoms with E-state index in [-0.39, 0.29) is 13.2 Å². The van der Waals surface area contributed by atoms with Gasteiger partial charge in [-0.2, -0.15) is 0 Å². The summed E-state index contributed by atoms with van der Waals surface area (Å²) in [5, 5.41) is 33.4. The molecule has 6 nitrogen and oxygen atoms in total. The van der Waals surface area contributed by atoms with Crippen molar-refractivity contribution in [3.63, 3.8) is 0 Å². The van der Waals surface area contributed by atoms with Crippen LogP contribution in [-0.2, 0) is 0 Å². The van der Waals surface area contributed by atoms with Gasteiger partial charge in [0.1, 0.15) is 18.0 Å². The average molecular weight is 461 g/mol. The fourth-order valence-electron chi connectivity index (χ4n) is 4.84. The fourth-order valence-corrected chi connectivity index (χ4v) is 5.02. The molecule has 0 spiro atoms. The number of aliphatic hydroxyl groups excluding tert-OH is 1. The van der Waals surface area contributed by atoms with Crippen LogP contribution in [0.1, 0.15) is 24.8 Å². The predicted octanol–water partition coefficient (Wildman–Crippen LogP) is 2.86. The Kier molecular flexibility index (Phi) is 6.98. The van der Waals surface area contributed by atoms with E-state index in [0.717, 1.165) is 13.1 Å². The number of likely N-dealkylation sites (tertiary alicyclic amines) is 1. The third-order valence-electron chi connectivity index (χ3n) is 6.79. The molecular weight excluding hydrogens is 428 g/mol. The zero-order chi connectivity index (χ0) is 22.8. The Morgan fingerprint density at radius 2 is 1.81 bits per heavy atom. The number of aliphatic hydroxyl groups is 3. The highest BCUT2D eigenvalue weighted by atomic mass is 35.5. The van der Waals surface area contributed by atoms with E-state index >= 15 is 0 Å². The third-order valence-corrected chi connectivity index (χ3v) is 7.02. The number of aryl methyl sites for hydroxylation is 1. The van der Waals surface area contributed by atoms with Crippen LogP contribution in [0, 0.1) is 6.92 Å². The van der Waals surface area contributed by atoms with Crippen LogP contribution >= 0.6 is 11.6 Å². The van der Waals surface area contributed by atoms with Crippen LogP contribution in [0.25, 0.3) is 0 Å². The molecule has 2 aliphatic heterocycles. The summed E-state index contributed by atoms with van der Waals surface area (Å²) in [7, 11) is 0. The number of rotatable bonds is 6. The molecule has 174 valence electrons. The Labute approximate surface area is 195 Å². The van der Waals surface area contributed by atoms with E-state index in [9.17, 15) is 15.3 Å². The lowest BCUT2D eigenvalue weighted by Gasteiger charge is -2.47. The summed E-state index contributed by atoms with van der Waals surface area (Å²) in [5.74, 6) is 0.553. The summed E-state index contributed by atoms with van der Waals surface area (Å²) >= 11 is 6.00.